The molecule has 1 rings (SSSR count). The van der Waals surface area contributed by atoms with Crippen LogP contribution in [0.1, 0.15) is 25.3 Å². The summed E-state index contributed by atoms with van der Waals surface area (Å²) in [5.41, 5.74) is 1.22. The molecule has 0 radical (unpaired) electrons. The van der Waals surface area contributed by atoms with Crippen molar-refractivity contribution in [3.63, 3.8) is 0 Å². The lowest BCUT2D eigenvalue weighted by Crippen LogP contribution is -2.13. The highest BCUT2D eigenvalue weighted by atomic mass is 32.2. The van der Waals surface area contributed by atoms with Crippen molar-refractivity contribution in [1.29, 1.82) is 0 Å². The fourth-order valence-electron chi connectivity index (χ4n) is 1.74. The Balaban J connectivity index is 2.52. The highest BCUT2D eigenvalue weighted by Gasteiger charge is 2.05. The molecule has 3 nitrogen and oxygen atoms in total. The van der Waals surface area contributed by atoms with Crippen molar-refractivity contribution in [3.8, 4) is 11.5 Å². The quantitative estimate of drug-likeness (QED) is 0.667. The maximum atomic E-state index is 5.75. The highest BCUT2D eigenvalue weighted by Crippen LogP contribution is 2.28. The smallest absolute Gasteiger partial charge is 0.161 e. The van der Waals surface area contributed by atoms with Crippen LogP contribution < -0.4 is 14.8 Å². The zero-order valence-electron chi connectivity index (χ0n) is 12.2. The first-order chi connectivity index (χ1) is 9.31. The second kappa shape index (κ2) is 9.98. The van der Waals surface area contributed by atoms with Crippen LogP contribution in [-0.4, -0.2) is 32.3 Å². The molecule has 0 saturated carbocycles. The van der Waals surface area contributed by atoms with Crippen molar-refractivity contribution in [1.82, 2.24) is 5.32 Å². The van der Waals surface area contributed by atoms with Gasteiger partial charge in [0.25, 0.3) is 0 Å². The molecular formula is C15H25NO2S. The molecule has 0 aromatic heterocycles. The van der Waals surface area contributed by atoms with Gasteiger partial charge in [-0.3, -0.25) is 0 Å². The monoisotopic (exact) mass is 283 g/mol. The van der Waals surface area contributed by atoms with E-state index in [9.17, 15) is 0 Å². The molecule has 0 aliphatic carbocycles. The molecule has 108 valence electrons. The summed E-state index contributed by atoms with van der Waals surface area (Å²) in [6.07, 6.45) is 4.32. The van der Waals surface area contributed by atoms with E-state index in [0.29, 0.717) is 0 Å². The van der Waals surface area contributed by atoms with Gasteiger partial charge in [0.2, 0.25) is 0 Å². The average molecular weight is 283 g/mol. The van der Waals surface area contributed by atoms with Gasteiger partial charge in [-0.15, -0.1) is 0 Å². The second-order valence-electron chi connectivity index (χ2n) is 4.36. The van der Waals surface area contributed by atoms with Crippen LogP contribution in [0.3, 0.4) is 0 Å². The summed E-state index contributed by atoms with van der Waals surface area (Å²) in [5.74, 6) is 2.78. The summed E-state index contributed by atoms with van der Waals surface area (Å²) in [6.45, 7) is 4.82. The van der Waals surface area contributed by atoms with E-state index < -0.39 is 0 Å². The zero-order chi connectivity index (χ0) is 13.9. The first-order valence-electron chi connectivity index (χ1n) is 6.81. The molecule has 1 N–H and O–H groups in total. The van der Waals surface area contributed by atoms with Crippen molar-refractivity contribution < 1.29 is 9.47 Å². The first-order valence-corrected chi connectivity index (χ1v) is 8.20. The van der Waals surface area contributed by atoms with E-state index in [1.165, 1.54) is 5.56 Å². The van der Waals surface area contributed by atoms with Gasteiger partial charge in [-0.25, -0.2) is 0 Å². The van der Waals surface area contributed by atoms with E-state index >= 15 is 0 Å². The molecular weight excluding hydrogens is 258 g/mol. The number of hydrogen-bond acceptors (Lipinski definition) is 4. The number of rotatable bonds is 10. The highest BCUT2D eigenvalue weighted by molar-refractivity contribution is 7.98. The predicted molar refractivity (Wildman–Crippen MR) is 83.5 cm³/mol. The third kappa shape index (κ3) is 6.21. The van der Waals surface area contributed by atoms with Crippen LogP contribution in [0, 0.1) is 0 Å². The molecule has 0 fully saturated rings. The zero-order valence-corrected chi connectivity index (χ0v) is 13.0. The van der Waals surface area contributed by atoms with Crippen LogP contribution in [0.15, 0.2) is 18.2 Å². The van der Waals surface area contributed by atoms with Crippen molar-refractivity contribution in [2.24, 2.45) is 0 Å². The molecule has 1 aromatic rings. The third-order valence-electron chi connectivity index (χ3n) is 2.73. The molecule has 0 bridgehead atoms. The van der Waals surface area contributed by atoms with Gasteiger partial charge in [-0.1, -0.05) is 13.0 Å². The van der Waals surface area contributed by atoms with Crippen molar-refractivity contribution in [2.75, 3.05) is 32.3 Å². The molecule has 0 saturated heterocycles. The molecule has 0 spiro atoms. The minimum absolute atomic E-state index is 0.741. The fraction of sp³-hybridized carbons (Fsp3) is 0.600. The summed E-state index contributed by atoms with van der Waals surface area (Å²) in [5, 5.41) is 3.38. The van der Waals surface area contributed by atoms with E-state index in [-0.39, 0.29) is 0 Å². The van der Waals surface area contributed by atoms with Gasteiger partial charge in [-0.2, -0.15) is 11.8 Å². The van der Waals surface area contributed by atoms with E-state index in [4.69, 9.17) is 9.47 Å². The number of nitrogens with one attached hydrogen (secondary N) is 1. The number of hydrogen-bond donors (Lipinski definition) is 1. The molecule has 0 amide bonds. The van der Waals surface area contributed by atoms with E-state index in [1.54, 1.807) is 7.11 Å². The molecule has 0 aliphatic heterocycles. The Morgan fingerprint density at radius 3 is 2.79 bits per heavy atom. The lowest BCUT2D eigenvalue weighted by molar-refractivity contribution is 0.295. The maximum Gasteiger partial charge on any atom is 0.161 e. The largest absolute Gasteiger partial charge is 0.493 e. The van der Waals surface area contributed by atoms with Crippen LogP contribution in [0.25, 0.3) is 0 Å². The van der Waals surface area contributed by atoms with Gasteiger partial charge in [-0.05, 0) is 49.1 Å². The molecule has 1 aromatic carbocycles. The number of methoxy groups -OCH3 is 1. The van der Waals surface area contributed by atoms with Crippen molar-refractivity contribution in [2.45, 2.75) is 26.3 Å². The Bertz CT molecular complexity index is 358. The molecule has 0 aliphatic rings. The normalized spacial score (nSPS) is 10.5. The van der Waals surface area contributed by atoms with Crippen molar-refractivity contribution >= 4 is 11.8 Å². The number of ether oxygens (including phenoxy) is 2. The Kier molecular flexibility index (Phi) is 8.50. The average Bonchev–Trinajstić information content (AvgIpc) is 2.44. The summed E-state index contributed by atoms with van der Waals surface area (Å²) in [6, 6.07) is 6.14. The van der Waals surface area contributed by atoms with Gasteiger partial charge in [0.05, 0.1) is 13.7 Å². The maximum absolute atomic E-state index is 5.75. The SMILES string of the molecule is CCCNCc1ccc(OCCCSC)c(OC)c1. The molecule has 0 atom stereocenters. The van der Waals surface area contributed by atoms with Crippen LogP contribution in [-0.2, 0) is 6.54 Å². The van der Waals surface area contributed by atoms with E-state index in [2.05, 4.69) is 24.6 Å². The van der Waals surface area contributed by atoms with Gasteiger partial charge >= 0.3 is 0 Å². The number of benzene rings is 1. The summed E-state index contributed by atoms with van der Waals surface area (Å²) < 4.78 is 11.1. The Hall–Kier alpha value is -0.870. The first kappa shape index (κ1) is 16.2. The molecule has 4 heteroatoms. The predicted octanol–water partition coefficient (Wildman–Crippen LogP) is 3.33. The number of thioether (sulfide) groups is 1. The summed E-state index contributed by atoms with van der Waals surface area (Å²) >= 11 is 1.84. The van der Waals surface area contributed by atoms with Crippen LogP contribution >= 0.6 is 11.8 Å². The van der Waals surface area contributed by atoms with Crippen LogP contribution in [0.4, 0.5) is 0 Å². The van der Waals surface area contributed by atoms with E-state index in [0.717, 1.165) is 49.8 Å². The third-order valence-corrected chi connectivity index (χ3v) is 3.43. The van der Waals surface area contributed by atoms with Crippen molar-refractivity contribution in [3.05, 3.63) is 23.8 Å². The van der Waals surface area contributed by atoms with Crippen LogP contribution in [0.2, 0.25) is 0 Å². The van der Waals surface area contributed by atoms with Gasteiger partial charge in [0.1, 0.15) is 0 Å². The van der Waals surface area contributed by atoms with Gasteiger partial charge in [0, 0.05) is 6.54 Å². The van der Waals surface area contributed by atoms with E-state index in [1.807, 2.05) is 23.9 Å². The molecule has 19 heavy (non-hydrogen) atoms. The minimum atomic E-state index is 0.741. The minimum Gasteiger partial charge on any atom is -0.493 e. The summed E-state index contributed by atoms with van der Waals surface area (Å²) in [7, 11) is 1.69. The van der Waals surface area contributed by atoms with Crippen LogP contribution in [0.5, 0.6) is 11.5 Å². The van der Waals surface area contributed by atoms with Gasteiger partial charge < -0.3 is 14.8 Å². The Morgan fingerprint density at radius 2 is 2.11 bits per heavy atom. The molecule has 0 heterocycles. The summed E-state index contributed by atoms with van der Waals surface area (Å²) in [4.78, 5) is 0. The van der Waals surface area contributed by atoms with Gasteiger partial charge in [0.15, 0.2) is 11.5 Å². The Morgan fingerprint density at radius 1 is 1.26 bits per heavy atom. The lowest BCUT2D eigenvalue weighted by atomic mass is 10.2. The molecule has 0 unspecified atom stereocenters. The second-order valence-corrected chi connectivity index (χ2v) is 5.34. The fourth-order valence-corrected chi connectivity index (χ4v) is 2.14. The standard InChI is InChI=1S/C15H25NO2S/c1-4-8-16-12-13-6-7-14(15(11-13)17-2)18-9-5-10-19-3/h6-7,11,16H,4-5,8-10,12H2,1-3H3. The lowest BCUT2D eigenvalue weighted by Gasteiger charge is -2.12. The topological polar surface area (TPSA) is 30.5 Å². The Labute approximate surface area is 121 Å².